The van der Waals surface area contributed by atoms with Gasteiger partial charge in [-0.25, -0.2) is 0 Å². The van der Waals surface area contributed by atoms with Crippen molar-refractivity contribution in [3.05, 3.63) is 45.5 Å². The number of carbonyl (C=O) groups excluding carboxylic acids is 1. The molecule has 1 saturated heterocycles. The fourth-order valence-corrected chi connectivity index (χ4v) is 2.92. The lowest BCUT2D eigenvalue weighted by atomic mass is 9.96. The molecule has 0 unspecified atom stereocenters. The van der Waals surface area contributed by atoms with Gasteiger partial charge in [-0.05, 0) is 38.0 Å². The van der Waals surface area contributed by atoms with E-state index in [4.69, 9.17) is 27.7 Å². The Kier molecular flexibility index (Phi) is 4.36. The Morgan fingerprint density at radius 1 is 1.27 bits per heavy atom. The van der Waals surface area contributed by atoms with Crippen LogP contribution in [0.5, 0.6) is 0 Å². The Bertz CT molecular complexity index is 694. The van der Waals surface area contributed by atoms with Crippen molar-refractivity contribution in [3.63, 3.8) is 0 Å². The molecule has 0 saturated carbocycles. The van der Waals surface area contributed by atoms with Crippen LogP contribution in [0.2, 0.25) is 10.0 Å². The van der Waals surface area contributed by atoms with E-state index in [1.165, 1.54) is 0 Å². The summed E-state index contributed by atoms with van der Waals surface area (Å²) in [4.78, 5) is 18.6. The second kappa shape index (κ2) is 6.26. The molecule has 1 amide bonds. The van der Waals surface area contributed by atoms with Crippen LogP contribution in [-0.2, 0) is 0 Å². The molecule has 1 aromatic carbocycles. The predicted octanol–water partition coefficient (Wildman–Crippen LogP) is 3.70. The highest BCUT2D eigenvalue weighted by Gasteiger charge is 2.27. The minimum atomic E-state index is -0.0290. The van der Waals surface area contributed by atoms with Crippen molar-refractivity contribution >= 4 is 29.1 Å². The van der Waals surface area contributed by atoms with Gasteiger partial charge in [0, 0.05) is 24.6 Å². The Morgan fingerprint density at radius 3 is 2.59 bits per heavy atom. The van der Waals surface area contributed by atoms with Gasteiger partial charge in [-0.2, -0.15) is 4.98 Å². The minimum absolute atomic E-state index is 0.0290. The molecule has 1 aliphatic rings. The second-order valence-corrected chi connectivity index (χ2v) is 6.19. The third kappa shape index (κ3) is 3.10. The Labute approximate surface area is 138 Å². The van der Waals surface area contributed by atoms with E-state index >= 15 is 0 Å². The number of carbonyl (C=O) groups is 1. The largest absolute Gasteiger partial charge is 0.339 e. The third-order valence-corrected chi connectivity index (χ3v) is 4.58. The van der Waals surface area contributed by atoms with Crippen LogP contribution in [0, 0.1) is 6.92 Å². The zero-order valence-corrected chi connectivity index (χ0v) is 13.6. The highest BCUT2D eigenvalue weighted by atomic mass is 35.5. The van der Waals surface area contributed by atoms with Crippen LogP contribution in [0.3, 0.4) is 0 Å². The van der Waals surface area contributed by atoms with Gasteiger partial charge in [-0.15, -0.1) is 0 Å². The van der Waals surface area contributed by atoms with Crippen LogP contribution in [0.1, 0.15) is 40.8 Å². The molecule has 0 spiro atoms. The van der Waals surface area contributed by atoms with Crippen LogP contribution in [-0.4, -0.2) is 34.0 Å². The van der Waals surface area contributed by atoms with E-state index in [-0.39, 0.29) is 11.8 Å². The molecule has 1 aromatic heterocycles. The summed E-state index contributed by atoms with van der Waals surface area (Å²) >= 11 is 11.9. The maximum absolute atomic E-state index is 12.5. The zero-order chi connectivity index (χ0) is 15.7. The predicted molar refractivity (Wildman–Crippen MR) is 83.4 cm³/mol. The number of likely N-dealkylation sites (tertiary alicyclic amines) is 1. The maximum atomic E-state index is 12.5. The van der Waals surface area contributed by atoms with Crippen LogP contribution in [0.4, 0.5) is 0 Å². The van der Waals surface area contributed by atoms with Gasteiger partial charge in [0.2, 0.25) is 5.89 Å². The summed E-state index contributed by atoms with van der Waals surface area (Å²) in [6.45, 7) is 3.12. The van der Waals surface area contributed by atoms with Crippen molar-refractivity contribution in [2.75, 3.05) is 13.1 Å². The van der Waals surface area contributed by atoms with Gasteiger partial charge in [0.15, 0.2) is 5.82 Å². The molecule has 1 aliphatic heterocycles. The Balaban J connectivity index is 1.65. The molecule has 5 nitrogen and oxygen atoms in total. The number of hydrogen-bond acceptors (Lipinski definition) is 4. The van der Waals surface area contributed by atoms with Gasteiger partial charge < -0.3 is 9.42 Å². The van der Waals surface area contributed by atoms with Gasteiger partial charge >= 0.3 is 0 Å². The number of hydrogen-bond donors (Lipinski definition) is 0. The number of benzene rings is 1. The van der Waals surface area contributed by atoms with Crippen molar-refractivity contribution in [1.29, 1.82) is 0 Å². The summed E-state index contributed by atoms with van der Waals surface area (Å²) in [5.74, 6) is 1.50. The second-order valence-electron chi connectivity index (χ2n) is 5.38. The Morgan fingerprint density at radius 2 is 2.00 bits per heavy atom. The van der Waals surface area contributed by atoms with Gasteiger partial charge in [0.25, 0.3) is 5.91 Å². The third-order valence-electron chi connectivity index (χ3n) is 3.84. The van der Waals surface area contributed by atoms with Gasteiger partial charge in [0.1, 0.15) is 0 Å². The van der Waals surface area contributed by atoms with Gasteiger partial charge in [0.05, 0.1) is 10.0 Å². The lowest BCUT2D eigenvalue weighted by Gasteiger charge is -2.30. The number of nitrogens with zero attached hydrogens (tertiary/aromatic N) is 3. The molecule has 7 heteroatoms. The number of aromatic nitrogens is 2. The van der Waals surface area contributed by atoms with Crippen molar-refractivity contribution in [2.24, 2.45) is 0 Å². The molecule has 0 bridgehead atoms. The van der Waals surface area contributed by atoms with Crippen molar-refractivity contribution in [2.45, 2.75) is 25.7 Å². The summed E-state index contributed by atoms with van der Waals surface area (Å²) in [5.41, 5.74) is 0.557. The van der Waals surface area contributed by atoms with Crippen LogP contribution < -0.4 is 0 Å². The standard InChI is InChI=1S/C15H15Cl2N3O2/c1-9-18-14(22-19-9)10-4-6-20(7-5-10)15(21)11-2-3-12(16)13(17)8-11/h2-3,8,10H,4-7H2,1H3. The van der Waals surface area contributed by atoms with E-state index in [0.29, 0.717) is 40.4 Å². The van der Waals surface area contributed by atoms with E-state index in [1.807, 2.05) is 4.90 Å². The first kappa shape index (κ1) is 15.3. The highest BCUT2D eigenvalue weighted by molar-refractivity contribution is 6.42. The maximum Gasteiger partial charge on any atom is 0.253 e. The van der Waals surface area contributed by atoms with Gasteiger partial charge in [-0.1, -0.05) is 28.4 Å². The Hall–Kier alpha value is -1.59. The molecule has 0 N–H and O–H groups in total. The minimum Gasteiger partial charge on any atom is -0.339 e. The van der Waals surface area contributed by atoms with Crippen LogP contribution in [0.25, 0.3) is 0 Å². The molecule has 3 rings (SSSR count). The first-order valence-electron chi connectivity index (χ1n) is 7.09. The fourth-order valence-electron chi connectivity index (χ4n) is 2.62. The van der Waals surface area contributed by atoms with E-state index in [1.54, 1.807) is 25.1 Å². The quantitative estimate of drug-likeness (QED) is 0.836. The molecular weight excluding hydrogens is 325 g/mol. The normalized spacial score (nSPS) is 16.0. The molecule has 2 heterocycles. The smallest absolute Gasteiger partial charge is 0.253 e. The topological polar surface area (TPSA) is 59.2 Å². The number of amides is 1. The SMILES string of the molecule is Cc1noc(C2CCN(C(=O)c3ccc(Cl)c(Cl)c3)CC2)n1. The molecule has 116 valence electrons. The van der Waals surface area contributed by atoms with E-state index in [9.17, 15) is 4.79 Å². The highest BCUT2D eigenvalue weighted by Crippen LogP contribution is 2.28. The monoisotopic (exact) mass is 339 g/mol. The number of halogens is 2. The van der Waals surface area contributed by atoms with Crippen LogP contribution in [0.15, 0.2) is 22.7 Å². The molecule has 22 heavy (non-hydrogen) atoms. The molecule has 0 atom stereocenters. The zero-order valence-electron chi connectivity index (χ0n) is 12.1. The number of rotatable bonds is 2. The average molecular weight is 340 g/mol. The van der Waals surface area contributed by atoms with E-state index in [0.717, 1.165) is 12.8 Å². The molecule has 2 aromatic rings. The molecular formula is C15H15Cl2N3O2. The van der Waals surface area contributed by atoms with E-state index in [2.05, 4.69) is 10.1 Å². The number of aryl methyl sites for hydroxylation is 1. The van der Waals surface area contributed by atoms with Crippen molar-refractivity contribution in [1.82, 2.24) is 15.0 Å². The summed E-state index contributed by atoms with van der Waals surface area (Å²) in [6.07, 6.45) is 1.63. The lowest BCUT2D eigenvalue weighted by molar-refractivity contribution is 0.0704. The van der Waals surface area contributed by atoms with Crippen molar-refractivity contribution < 1.29 is 9.32 Å². The van der Waals surface area contributed by atoms with E-state index < -0.39 is 0 Å². The average Bonchev–Trinajstić information content (AvgIpc) is 2.96. The van der Waals surface area contributed by atoms with Crippen molar-refractivity contribution in [3.8, 4) is 0 Å². The van der Waals surface area contributed by atoms with Gasteiger partial charge in [-0.3, -0.25) is 4.79 Å². The summed E-state index contributed by atoms with van der Waals surface area (Å²) in [6, 6.07) is 4.95. The first-order chi connectivity index (χ1) is 10.5. The fraction of sp³-hybridized carbons (Fsp3) is 0.400. The number of piperidine rings is 1. The summed E-state index contributed by atoms with van der Waals surface area (Å²) < 4.78 is 5.22. The lowest BCUT2D eigenvalue weighted by Crippen LogP contribution is -2.38. The molecule has 0 radical (unpaired) electrons. The van der Waals surface area contributed by atoms with Crippen LogP contribution >= 0.6 is 23.2 Å². The molecule has 1 fully saturated rings. The molecule has 0 aliphatic carbocycles. The summed E-state index contributed by atoms with van der Waals surface area (Å²) in [5, 5.41) is 4.66. The first-order valence-corrected chi connectivity index (χ1v) is 7.84. The summed E-state index contributed by atoms with van der Waals surface area (Å²) in [7, 11) is 0.